The third kappa shape index (κ3) is 6.75. The minimum absolute atomic E-state index is 0.0492. The first-order valence-electron chi connectivity index (χ1n) is 8.94. The molecule has 2 rings (SSSR count). The van der Waals surface area contributed by atoms with Crippen LogP contribution in [0, 0.1) is 12.3 Å². The van der Waals surface area contributed by atoms with Gasteiger partial charge in [-0.15, -0.1) is 6.42 Å². The largest absolute Gasteiger partial charge is 0.354 e. The van der Waals surface area contributed by atoms with Gasteiger partial charge in [-0.05, 0) is 49.7 Å². The average Bonchev–Trinajstić information content (AvgIpc) is 2.67. The molecule has 0 saturated carbocycles. The van der Waals surface area contributed by atoms with Crippen molar-refractivity contribution in [2.24, 2.45) is 0 Å². The normalized spacial score (nSPS) is 11.0. The van der Waals surface area contributed by atoms with Crippen molar-refractivity contribution in [1.82, 2.24) is 10.0 Å². The van der Waals surface area contributed by atoms with E-state index in [1.807, 2.05) is 13.8 Å². The van der Waals surface area contributed by atoms with Crippen molar-refractivity contribution in [3.63, 3.8) is 0 Å². The van der Waals surface area contributed by atoms with E-state index < -0.39 is 15.9 Å². The summed E-state index contributed by atoms with van der Waals surface area (Å²) in [5, 5.41) is 5.52. The molecule has 0 atom stereocenters. The second-order valence-electron chi connectivity index (χ2n) is 6.61. The monoisotopic (exact) mass is 413 g/mol. The number of terminal acetylenes is 1. The molecule has 0 fully saturated rings. The predicted octanol–water partition coefficient (Wildman–Crippen LogP) is 1.92. The molecule has 2 aromatic carbocycles. The van der Waals surface area contributed by atoms with Crippen molar-refractivity contribution in [1.29, 1.82) is 0 Å². The molecule has 29 heavy (non-hydrogen) atoms. The summed E-state index contributed by atoms with van der Waals surface area (Å²) in [6.07, 6.45) is 5.32. The number of carbonyl (C=O) groups is 2. The minimum Gasteiger partial charge on any atom is -0.354 e. The fourth-order valence-electron chi connectivity index (χ4n) is 2.49. The second-order valence-corrected chi connectivity index (χ2v) is 8.37. The molecule has 0 aliphatic rings. The van der Waals surface area contributed by atoms with Gasteiger partial charge >= 0.3 is 0 Å². The third-order valence-electron chi connectivity index (χ3n) is 3.80. The topological polar surface area (TPSA) is 104 Å². The van der Waals surface area contributed by atoms with Crippen LogP contribution in [0.4, 0.5) is 5.69 Å². The van der Waals surface area contributed by atoms with Crippen LogP contribution < -0.4 is 15.4 Å². The van der Waals surface area contributed by atoms with Crippen molar-refractivity contribution in [2.75, 3.05) is 11.9 Å². The highest BCUT2D eigenvalue weighted by Crippen LogP contribution is 2.15. The Hall–Kier alpha value is -3.15. The van der Waals surface area contributed by atoms with Crippen molar-refractivity contribution in [3.05, 3.63) is 59.7 Å². The lowest BCUT2D eigenvalue weighted by Gasteiger charge is -2.10. The molecule has 0 bridgehead atoms. The molecule has 0 radical (unpaired) electrons. The summed E-state index contributed by atoms with van der Waals surface area (Å²) in [7, 11) is -3.79. The van der Waals surface area contributed by atoms with Gasteiger partial charge in [-0.1, -0.05) is 24.1 Å². The Labute approximate surface area is 171 Å². The Morgan fingerprint density at radius 2 is 1.79 bits per heavy atom. The summed E-state index contributed by atoms with van der Waals surface area (Å²) in [4.78, 5) is 24.2. The van der Waals surface area contributed by atoms with Crippen LogP contribution >= 0.6 is 0 Å². The summed E-state index contributed by atoms with van der Waals surface area (Å²) >= 11 is 0. The summed E-state index contributed by atoms with van der Waals surface area (Å²) in [6.45, 7) is 3.64. The lowest BCUT2D eigenvalue weighted by molar-refractivity contribution is -0.120. The van der Waals surface area contributed by atoms with Gasteiger partial charge in [-0.25, -0.2) is 8.42 Å². The Balaban J connectivity index is 2.06. The first kappa shape index (κ1) is 22.1. The Kier molecular flexibility index (Phi) is 7.53. The molecule has 8 heteroatoms. The molecular formula is C21H23N3O4S. The number of sulfonamides is 1. The van der Waals surface area contributed by atoms with Crippen LogP contribution in [0.3, 0.4) is 0 Å². The van der Waals surface area contributed by atoms with Crippen molar-refractivity contribution in [3.8, 4) is 12.3 Å². The van der Waals surface area contributed by atoms with Gasteiger partial charge < -0.3 is 10.6 Å². The first-order valence-corrected chi connectivity index (χ1v) is 10.4. The zero-order valence-electron chi connectivity index (χ0n) is 16.2. The van der Waals surface area contributed by atoms with Gasteiger partial charge in [0, 0.05) is 17.3 Å². The maximum absolute atomic E-state index is 12.5. The smallest absolute Gasteiger partial charge is 0.255 e. The lowest BCUT2D eigenvalue weighted by atomic mass is 10.1. The van der Waals surface area contributed by atoms with Gasteiger partial charge in [0.2, 0.25) is 15.9 Å². The molecule has 2 amide bonds. The van der Waals surface area contributed by atoms with Crippen LogP contribution in [0.15, 0.2) is 53.4 Å². The SMILES string of the molecule is C#CCNS(=O)(=O)c1cccc(C(=O)Nc2ccc(CC(=O)NC(C)C)cc2)c1. The van der Waals surface area contributed by atoms with Gasteiger partial charge in [0.1, 0.15) is 0 Å². The second kappa shape index (κ2) is 9.87. The number of anilines is 1. The molecule has 2 aromatic rings. The van der Waals surface area contributed by atoms with E-state index in [1.54, 1.807) is 24.3 Å². The minimum atomic E-state index is -3.79. The number of benzene rings is 2. The average molecular weight is 413 g/mol. The van der Waals surface area contributed by atoms with Gasteiger partial charge in [-0.2, -0.15) is 4.72 Å². The maximum atomic E-state index is 12.5. The number of carbonyl (C=O) groups excluding carboxylic acids is 2. The molecule has 3 N–H and O–H groups in total. The number of hydrogen-bond acceptors (Lipinski definition) is 4. The number of hydrogen-bond donors (Lipinski definition) is 3. The van der Waals surface area contributed by atoms with E-state index in [9.17, 15) is 18.0 Å². The number of rotatable bonds is 8. The summed E-state index contributed by atoms with van der Waals surface area (Å²) < 4.78 is 26.5. The van der Waals surface area contributed by atoms with Crippen molar-refractivity contribution < 1.29 is 18.0 Å². The van der Waals surface area contributed by atoms with E-state index in [2.05, 4.69) is 21.3 Å². The molecule has 0 aliphatic heterocycles. The molecule has 0 heterocycles. The highest BCUT2D eigenvalue weighted by molar-refractivity contribution is 7.89. The van der Waals surface area contributed by atoms with E-state index in [1.165, 1.54) is 24.3 Å². The maximum Gasteiger partial charge on any atom is 0.255 e. The van der Waals surface area contributed by atoms with Gasteiger partial charge in [0.15, 0.2) is 0 Å². The van der Waals surface area contributed by atoms with E-state index >= 15 is 0 Å². The van der Waals surface area contributed by atoms with Gasteiger partial charge in [-0.3, -0.25) is 9.59 Å². The lowest BCUT2D eigenvalue weighted by Crippen LogP contribution is -2.31. The highest BCUT2D eigenvalue weighted by atomic mass is 32.2. The van der Waals surface area contributed by atoms with Crippen LogP contribution in [0.2, 0.25) is 0 Å². The standard InChI is InChI=1S/C21H23N3O4S/c1-4-12-22-29(27,28)19-7-5-6-17(14-19)21(26)24-18-10-8-16(9-11-18)13-20(25)23-15(2)3/h1,5-11,14-15,22H,12-13H2,2-3H3,(H,23,25)(H,24,26). The predicted molar refractivity (Wildman–Crippen MR) is 112 cm³/mol. The Morgan fingerprint density at radius 3 is 2.41 bits per heavy atom. The van der Waals surface area contributed by atoms with Crippen molar-refractivity contribution >= 4 is 27.5 Å². The molecule has 0 spiro atoms. The molecule has 7 nitrogen and oxygen atoms in total. The molecular weight excluding hydrogens is 390 g/mol. The Bertz CT molecular complexity index is 1020. The van der Waals surface area contributed by atoms with Crippen LogP contribution in [0.5, 0.6) is 0 Å². The fraction of sp³-hybridized carbons (Fsp3) is 0.238. The Morgan fingerprint density at radius 1 is 1.10 bits per heavy atom. The van der Waals surface area contributed by atoms with E-state index in [4.69, 9.17) is 6.42 Å². The zero-order chi connectivity index (χ0) is 21.4. The van der Waals surface area contributed by atoms with E-state index in [0.29, 0.717) is 5.69 Å². The van der Waals surface area contributed by atoms with Crippen LogP contribution in [0.1, 0.15) is 29.8 Å². The number of amides is 2. The summed E-state index contributed by atoms with van der Waals surface area (Å²) in [6, 6.07) is 12.6. The van der Waals surface area contributed by atoms with Crippen molar-refractivity contribution in [2.45, 2.75) is 31.2 Å². The first-order chi connectivity index (χ1) is 13.7. The quantitative estimate of drug-likeness (QED) is 0.575. The fourth-order valence-corrected chi connectivity index (χ4v) is 3.47. The third-order valence-corrected chi connectivity index (χ3v) is 5.20. The van der Waals surface area contributed by atoms with Gasteiger partial charge in [0.25, 0.3) is 5.91 Å². The van der Waals surface area contributed by atoms with Crippen LogP contribution in [-0.4, -0.2) is 32.8 Å². The number of nitrogens with one attached hydrogen (secondary N) is 3. The van der Waals surface area contributed by atoms with E-state index in [0.717, 1.165) is 5.56 Å². The molecule has 0 aliphatic carbocycles. The van der Waals surface area contributed by atoms with Crippen LogP contribution in [0.25, 0.3) is 0 Å². The van der Waals surface area contributed by atoms with Gasteiger partial charge in [0.05, 0.1) is 17.9 Å². The summed E-state index contributed by atoms with van der Waals surface area (Å²) in [5.74, 6) is 1.66. The highest BCUT2D eigenvalue weighted by Gasteiger charge is 2.15. The molecule has 152 valence electrons. The van der Waals surface area contributed by atoms with E-state index in [-0.39, 0.29) is 35.4 Å². The zero-order valence-corrected chi connectivity index (χ0v) is 17.0. The summed E-state index contributed by atoms with van der Waals surface area (Å²) in [5.41, 5.74) is 1.53. The molecule has 0 saturated heterocycles. The molecule has 0 unspecified atom stereocenters. The van der Waals surface area contributed by atoms with Crippen LogP contribution in [-0.2, 0) is 21.2 Å². The molecule has 0 aromatic heterocycles.